The van der Waals surface area contributed by atoms with Crippen LogP contribution in [0.1, 0.15) is 24.1 Å². The number of nitrogens with zero attached hydrogens (tertiary/aromatic N) is 1. The summed E-state index contributed by atoms with van der Waals surface area (Å²) >= 11 is 1.70. The monoisotopic (exact) mass is 360 g/mol. The molecule has 3 aromatic carbocycles. The highest BCUT2D eigenvalue weighted by molar-refractivity contribution is 7.99. The molecule has 1 heterocycles. The van der Waals surface area contributed by atoms with E-state index in [2.05, 4.69) is 48.6 Å². The summed E-state index contributed by atoms with van der Waals surface area (Å²) in [4.78, 5) is 17.1. The number of urea groups is 1. The van der Waals surface area contributed by atoms with E-state index in [1.54, 1.807) is 16.7 Å². The smallest absolute Gasteiger partial charge is 0.327 e. The van der Waals surface area contributed by atoms with E-state index in [0.29, 0.717) is 0 Å². The molecule has 1 unspecified atom stereocenters. The third-order valence-electron chi connectivity index (χ3n) is 4.55. The lowest BCUT2D eigenvalue weighted by Crippen LogP contribution is -2.39. The first-order valence-electron chi connectivity index (χ1n) is 8.66. The lowest BCUT2D eigenvalue weighted by Gasteiger charge is -2.32. The van der Waals surface area contributed by atoms with E-state index in [0.717, 1.165) is 26.7 Å². The van der Waals surface area contributed by atoms with Crippen LogP contribution in [-0.4, -0.2) is 6.03 Å². The number of benzene rings is 3. The second-order valence-corrected chi connectivity index (χ2v) is 7.54. The van der Waals surface area contributed by atoms with Gasteiger partial charge in [0.05, 0.1) is 17.4 Å². The van der Waals surface area contributed by atoms with Crippen LogP contribution in [0, 0.1) is 6.92 Å². The normalized spacial score (nSPS) is 13.5. The highest BCUT2D eigenvalue weighted by Crippen LogP contribution is 2.47. The fourth-order valence-electron chi connectivity index (χ4n) is 3.11. The van der Waals surface area contributed by atoms with Crippen LogP contribution >= 0.6 is 11.8 Å². The molecular weight excluding hydrogens is 340 g/mol. The molecular formula is C22H20N2OS. The Morgan fingerprint density at radius 2 is 1.42 bits per heavy atom. The summed E-state index contributed by atoms with van der Waals surface area (Å²) in [5.41, 5.74) is 4.15. The van der Waals surface area contributed by atoms with Crippen molar-refractivity contribution in [2.45, 2.75) is 29.7 Å². The number of nitrogens with one attached hydrogen (secondary N) is 1. The highest BCUT2D eigenvalue weighted by Gasteiger charge is 2.28. The molecule has 0 fully saturated rings. The number of amides is 2. The molecule has 0 saturated carbocycles. The van der Waals surface area contributed by atoms with Crippen LogP contribution in [-0.2, 0) is 0 Å². The number of anilines is 2. The van der Waals surface area contributed by atoms with Gasteiger partial charge >= 0.3 is 6.03 Å². The number of rotatable bonds is 2. The molecule has 26 heavy (non-hydrogen) atoms. The number of carbonyl (C=O) groups excluding carboxylic acids is 1. The van der Waals surface area contributed by atoms with E-state index in [1.807, 2.05) is 43.3 Å². The van der Waals surface area contributed by atoms with Gasteiger partial charge in [-0.05, 0) is 43.7 Å². The molecule has 1 atom stereocenters. The number of fused-ring (bicyclic) bond motifs is 2. The van der Waals surface area contributed by atoms with Gasteiger partial charge in [0.2, 0.25) is 0 Å². The van der Waals surface area contributed by atoms with E-state index in [9.17, 15) is 4.79 Å². The van der Waals surface area contributed by atoms with Crippen molar-refractivity contribution < 1.29 is 4.79 Å². The van der Waals surface area contributed by atoms with Crippen LogP contribution < -0.4 is 10.2 Å². The predicted octanol–water partition coefficient (Wildman–Crippen LogP) is 6.07. The maximum absolute atomic E-state index is 13.2. The van der Waals surface area contributed by atoms with E-state index in [-0.39, 0.29) is 12.1 Å². The van der Waals surface area contributed by atoms with Crippen LogP contribution in [0.2, 0.25) is 0 Å². The number of hydrogen-bond donors (Lipinski definition) is 1. The zero-order valence-corrected chi connectivity index (χ0v) is 15.6. The minimum atomic E-state index is -0.113. The van der Waals surface area contributed by atoms with Crippen molar-refractivity contribution in [3.63, 3.8) is 0 Å². The molecule has 4 heteroatoms. The van der Waals surface area contributed by atoms with Crippen molar-refractivity contribution in [3.8, 4) is 0 Å². The Bertz CT molecular complexity index is 907. The molecule has 3 nitrogen and oxygen atoms in total. The summed E-state index contributed by atoms with van der Waals surface area (Å²) in [7, 11) is 0. The SMILES string of the molecule is Cc1ccc(C(C)NC(=O)N2c3ccccc3Sc3ccccc32)cc1. The molecule has 130 valence electrons. The molecule has 4 rings (SSSR count). The third kappa shape index (κ3) is 3.08. The Hall–Kier alpha value is -2.72. The van der Waals surface area contributed by atoms with Gasteiger partial charge < -0.3 is 5.32 Å². The molecule has 0 radical (unpaired) electrons. The summed E-state index contributed by atoms with van der Waals surface area (Å²) in [6.45, 7) is 4.07. The molecule has 0 bridgehead atoms. The Morgan fingerprint density at radius 3 is 2.00 bits per heavy atom. The number of para-hydroxylation sites is 2. The molecule has 1 N–H and O–H groups in total. The lowest BCUT2D eigenvalue weighted by molar-refractivity contribution is 0.245. The maximum atomic E-state index is 13.2. The molecule has 0 saturated heterocycles. The van der Waals surface area contributed by atoms with Crippen LogP contribution in [0.25, 0.3) is 0 Å². The first-order valence-corrected chi connectivity index (χ1v) is 9.48. The summed E-state index contributed by atoms with van der Waals surface area (Å²) in [6.07, 6.45) is 0. The summed E-state index contributed by atoms with van der Waals surface area (Å²) in [6, 6.07) is 24.1. The number of carbonyl (C=O) groups is 1. The summed E-state index contributed by atoms with van der Waals surface area (Å²) < 4.78 is 0. The van der Waals surface area contributed by atoms with Gasteiger partial charge in [-0.15, -0.1) is 0 Å². The number of hydrogen-bond acceptors (Lipinski definition) is 2. The summed E-state index contributed by atoms with van der Waals surface area (Å²) in [5.74, 6) is 0. The summed E-state index contributed by atoms with van der Waals surface area (Å²) in [5, 5.41) is 3.14. The van der Waals surface area contributed by atoms with Crippen molar-refractivity contribution in [2.24, 2.45) is 0 Å². The number of aryl methyl sites for hydroxylation is 1. The fraction of sp³-hybridized carbons (Fsp3) is 0.136. The van der Waals surface area contributed by atoms with Gasteiger partial charge in [0.25, 0.3) is 0 Å². The van der Waals surface area contributed by atoms with E-state index < -0.39 is 0 Å². The van der Waals surface area contributed by atoms with E-state index in [4.69, 9.17) is 0 Å². The highest BCUT2D eigenvalue weighted by atomic mass is 32.2. The van der Waals surface area contributed by atoms with Crippen molar-refractivity contribution in [3.05, 3.63) is 83.9 Å². The third-order valence-corrected chi connectivity index (χ3v) is 5.68. The first kappa shape index (κ1) is 16.7. The van der Waals surface area contributed by atoms with Crippen molar-refractivity contribution >= 4 is 29.2 Å². The maximum Gasteiger partial charge on any atom is 0.327 e. The zero-order valence-electron chi connectivity index (χ0n) is 14.8. The van der Waals surface area contributed by atoms with Gasteiger partial charge in [0.1, 0.15) is 0 Å². The zero-order chi connectivity index (χ0) is 18.1. The average molecular weight is 360 g/mol. The van der Waals surface area contributed by atoms with Crippen molar-refractivity contribution in [2.75, 3.05) is 4.90 Å². The second-order valence-electron chi connectivity index (χ2n) is 6.45. The fourth-order valence-corrected chi connectivity index (χ4v) is 4.17. The van der Waals surface area contributed by atoms with Crippen LogP contribution in [0.4, 0.5) is 16.2 Å². The van der Waals surface area contributed by atoms with Gasteiger partial charge in [0.15, 0.2) is 0 Å². The van der Waals surface area contributed by atoms with Gasteiger partial charge in [-0.25, -0.2) is 4.79 Å². The molecule has 2 amide bonds. The largest absolute Gasteiger partial charge is 0.331 e. The van der Waals surface area contributed by atoms with Crippen LogP contribution in [0.3, 0.4) is 0 Å². The van der Waals surface area contributed by atoms with Gasteiger partial charge in [0, 0.05) is 9.79 Å². The molecule has 1 aliphatic rings. The lowest BCUT2D eigenvalue weighted by atomic mass is 10.1. The standard InChI is InChI=1S/C22H20N2OS/c1-15-11-13-17(14-12-15)16(2)23-22(25)24-18-7-3-5-9-20(18)26-21-10-6-4-8-19(21)24/h3-14,16H,1-2H3,(H,23,25). The Labute approximate surface area is 158 Å². The average Bonchev–Trinajstić information content (AvgIpc) is 2.66. The minimum Gasteiger partial charge on any atom is -0.331 e. The van der Waals surface area contributed by atoms with Gasteiger partial charge in [-0.2, -0.15) is 0 Å². The molecule has 0 spiro atoms. The molecule has 0 aliphatic carbocycles. The van der Waals surface area contributed by atoms with Crippen molar-refractivity contribution in [1.29, 1.82) is 0 Å². The topological polar surface area (TPSA) is 32.3 Å². The quantitative estimate of drug-likeness (QED) is 0.601. The molecule has 0 aromatic heterocycles. The van der Waals surface area contributed by atoms with E-state index >= 15 is 0 Å². The Morgan fingerprint density at radius 1 is 0.885 bits per heavy atom. The predicted molar refractivity (Wildman–Crippen MR) is 107 cm³/mol. The van der Waals surface area contributed by atoms with Crippen molar-refractivity contribution in [1.82, 2.24) is 5.32 Å². The van der Waals surface area contributed by atoms with Crippen LogP contribution in [0.5, 0.6) is 0 Å². The van der Waals surface area contributed by atoms with Crippen LogP contribution in [0.15, 0.2) is 82.6 Å². The Kier molecular flexibility index (Phi) is 4.43. The molecule has 1 aliphatic heterocycles. The van der Waals surface area contributed by atoms with E-state index in [1.165, 1.54) is 5.56 Å². The minimum absolute atomic E-state index is 0.0722. The first-order chi connectivity index (χ1) is 12.6. The second kappa shape index (κ2) is 6.89. The van der Waals surface area contributed by atoms with Gasteiger partial charge in [-0.3, -0.25) is 4.90 Å². The van der Waals surface area contributed by atoms with Gasteiger partial charge in [-0.1, -0.05) is 65.9 Å². The molecule has 3 aromatic rings. The Balaban J connectivity index is 1.66.